The number of benzene rings is 3. The zero-order chi connectivity index (χ0) is 22.9. The van der Waals surface area contributed by atoms with Crippen molar-refractivity contribution in [3.8, 4) is 11.5 Å². The smallest absolute Gasteiger partial charge is 0.262 e. The summed E-state index contributed by atoms with van der Waals surface area (Å²) >= 11 is 0. The van der Waals surface area contributed by atoms with Crippen LogP contribution in [0.4, 0.5) is 11.4 Å². The van der Waals surface area contributed by atoms with Crippen LogP contribution in [-0.4, -0.2) is 27.5 Å². The Balaban J connectivity index is 1.59. The van der Waals surface area contributed by atoms with Gasteiger partial charge in [0.2, 0.25) is 0 Å². The Labute approximate surface area is 187 Å². The lowest BCUT2D eigenvalue weighted by Crippen LogP contribution is -2.18. The van der Waals surface area contributed by atoms with Gasteiger partial charge in [0.05, 0.1) is 10.6 Å². The predicted octanol–water partition coefficient (Wildman–Crippen LogP) is 4.44. The molecule has 0 unspecified atom stereocenters. The maximum Gasteiger partial charge on any atom is 0.262 e. The normalized spacial score (nSPS) is 12.8. The van der Waals surface area contributed by atoms with Crippen LogP contribution in [0.15, 0.2) is 59.5 Å². The summed E-state index contributed by atoms with van der Waals surface area (Å²) in [5, 5.41) is 2.78. The summed E-state index contributed by atoms with van der Waals surface area (Å²) < 4.78 is 39.9. The Morgan fingerprint density at radius 3 is 2.34 bits per heavy atom. The fraction of sp³-hybridized carbons (Fsp3) is 0.208. The highest BCUT2D eigenvalue weighted by molar-refractivity contribution is 7.92. The van der Waals surface area contributed by atoms with Crippen LogP contribution in [0.3, 0.4) is 0 Å². The molecule has 1 aliphatic rings. The first kappa shape index (κ1) is 21.7. The lowest BCUT2D eigenvalue weighted by atomic mass is 10.1. The lowest BCUT2D eigenvalue weighted by molar-refractivity contribution is 0.102. The minimum Gasteiger partial charge on any atom is -0.486 e. The molecule has 1 aliphatic heterocycles. The zero-order valence-electron chi connectivity index (χ0n) is 18.1. The van der Waals surface area contributed by atoms with E-state index in [1.165, 1.54) is 6.07 Å². The number of hydrogen-bond acceptors (Lipinski definition) is 5. The molecule has 32 heavy (non-hydrogen) atoms. The van der Waals surface area contributed by atoms with Crippen LogP contribution in [-0.2, 0) is 10.0 Å². The number of anilines is 2. The largest absolute Gasteiger partial charge is 0.486 e. The van der Waals surface area contributed by atoms with E-state index in [9.17, 15) is 13.2 Å². The van der Waals surface area contributed by atoms with Crippen LogP contribution in [0, 0.1) is 20.8 Å². The van der Waals surface area contributed by atoms with Crippen molar-refractivity contribution in [3.63, 3.8) is 0 Å². The first-order valence-corrected chi connectivity index (χ1v) is 11.6. The van der Waals surface area contributed by atoms with Crippen LogP contribution in [0.25, 0.3) is 0 Å². The molecule has 2 N–H and O–H groups in total. The van der Waals surface area contributed by atoms with Gasteiger partial charge in [-0.2, -0.15) is 0 Å². The van der Waals surface area contributed by atoms with Gasteiger partial charge in [-0.1, -0.05) is 18.2 Å². The number of fused-ring (bicyclic) bond motifs is 1. The van der Waals surface area contributed by atoms with Gasteiger partial charge in [-0.05, 0) is 67.8 Å². The third kappa shape index (κ3) is 4.55. The first-order chi connectivity index (χ1) is 15.2. The standard InChI is InChI=1S/C24H24N2O5S/c1-15-4-5-16(2)20(12-15)26-32(28,29)23-13-18(7-6-17(23)3)24(27)25-19-8-9-21-22(14-19)31-11-10-30-21/h4-9,12-14,26H,10-11H2,1-3H3,(H,25,27). The first-order valence-electron chi connectivity index (χ1n) is 10.1. The molecule has 0 aromatic heterocycles. The number of aryl methyl sites for hydroxylation is 3. The quantitative estimate of drug-likeness (QED) is 0.597. The highest BCUT2D eigenvalue weighted by Crippen LogP contribution is 2.33. The van der Waals surface area contributed by atoms with Crippen LogP contribution >= 0.6 is 0 Å². The van der Waals surface area contributed by atoms with Gasteiger partial charge in [-0.15, -0.1) is 0 Å². The SMILES string of the molecule is Cc1ccc(C)c(NS(=O)(=O)c2cc(C(=O)Nc3ccc4c(c3)OCCO4)ccc2C)c1. The molecule has 1 heterocycles. The molecule has 3 aromatic carbocycles. The molecule has 1 amide bonds. The minimum atomic E-state index is -3.89. The molecule has 0 saturated carbocycles. The van der Waals surface area contributed by atoms with Gasteiger partial charge < -0.3 is 14.8 Å². The van der Waals surface area contributed by atoms with Crippen molar-refractivity contribution in [2.24, 2.45) is 0 Å². The topological polar surface area (TPSA) is 93.7 Å². The van der Waals surface area contributed by atoms with Gasteiger partial charge in [-0.25, -0.2) is 8.42 Å². The molecule has 0 bridgehead atoms. The summed E-state index contributed by atoms with van der Waals surface area (Å²) in [5.74, 6) is 0.749. The van der Waals surface area contributed by atoms with Crippen LogP contribution in [0.1, 0.15) is 27.0 Å². The minimum absolute atomic E-state index is 0.0493. The number of rotatable bonds is 5. The Kier molecular flexibility index (Phi) is 5.80. The summed E-state index contributed by atoms with van der Waals surface area (Å²) in [5.41, 5.74) is 3.56. The number of carbonyl (C=O) groups excluding carboxylic acids is 1. The molecule has 0 saturated heterocycles. The van der Waals surface area contributed by atoms with E-state index in [1.54, 1.807) is 43.3 Å². The van der Waals surface area contributed by atoms with E-state index in [0.29, 0.717) is 41.7 Å². The summed E-state index contributed by atoms with van der Waals surface area (Å²) in [6.07, 6.45) is 0. The summed E-state index contributed by atoms with van der Waals surface area (Å²) in [6, 6.07) is 15.3. The number of carbonyl (C=O) groups is 1. The average Bonchev–Trinajstić information content (AvgIpc) is 2.76. The molecule has 0 spiro atoms. The van der Waals surface area contributed by atoms with Gasteiger partial charge >= 0.3 is 0 Å². The molecule has 4 rings (SSSR count). The Bertz CT molecular complexity index is 1300. The van der Waals surface area contributed by atoms with E-state index >= 15 is 0 Å². The summed E-state index contributed by atoms with van der Waals surface area (Å²) in [4.78, 5) is 12.9. The van der Waals surface area contributed by atoms with Crippen molar-refractivity contribution in [3.05, 3.63) is 76.9 Å². The molecule has 7 nitrogen and oxygen atoms in total. The van der Waals surface area contributed by atoms with Crippen molar-refractivity contribution in [2.75, 3.05) is 23.3 Å². The van der Waals surface area contributed by atoms with Crippen molar-refractivity contribution in [1.29, 1.82) is 0 Å². The maximum absolute atomic E-state index is 13.1. The molecule has 166 valence electrons. The second-order valence-electron chi connectivity index (χ2n) is 7.72. The maximum atomic E-state index is 13.1. The Morgan fingerprint density at radius 2 is 1.56 bits per heavy atom. The van der Waals surface area contributed by atoms with Gasteiger partial charge in [-0.3, -0.25) is 9.52 Å². The molecule has 3 aromatic rings. The van der Waals surface area contributed by atoms with Crippen LogP contribution in [0.5, 0.6) is 11.5 Å². The Morgan fingerprint density at radius 1 is 0.844 bits per heavy atom. The van der Waals surface area contributed by atoms with Crippen LogP contribution in [0.2, 0.25) is 0 Å². The average molecular weight is 453 g/mol. The molecule has 0 aliphatic carbocycles. The number of ether oxygens (including phenoxy) is 2. The Hall–Kier alpha value is -3.52. The molecule has 0 fully saturated rings. The summed E-state index contributed by atoms with van der Waals surface area (Å²) in [6.45, 7) is 6.35. The van der Waals surface area contributed by atoms with Crippen molar-refractivity contribution in [1.82, 2.24) is 0 Å². The zero-order valence-corrected chi connectivity index (χ0v) is 18.9. The van der Waals surface area contributed by atoms with Gasteiger partial charge in [0.15, 0.2) is 11.5 Å². The van der Waals surface area contributed by atoms with Crippen molar-refractivity contribution < 1.29 is 22.7 Å². The van der Waals surface area contributed by atoms with Crippen molar-refractivity contribution in [2.45, 2.75) is 25.7 Å². The highest BCUT2D eigenvalue weighted by atomic mass is 32.2. The monoisotopic (exact) mass is 452 g/mol. The van der Waals surface area contributed by atoms with Gasteiger partial charge in [0.1, 0.15) is 13.2 Å². The summed E-state index contributed by atoms with van der Waals surface area (Å²) in [7, 11) is -3.89. The van der Waals surface area contributed by atoms with E-state index in [1.807, 2.05) is 26.0 Å². The van der Waals surface area contributed by atoms with Crippen molar-refractivity contribution >= 4 is 27.3 Å². The van der Waals surface area contributed by atoms with Gasteiger partial charge in [0.25, 0.3) is 15.9 Å². The number of nitrogens with one attached hydrogen (secondary N) is 2. The van der Waals surface area contributed by atoms with E-state index in [4.69, 9.17) is 9.47 Å². The van der Waals surface area contributed by atoms with E-state index < -0.39 is 15.9 Å². The number of amides is 1. The van der Waals surface area contributed by atoms with E-state index in [0.717, 1.165) is 11.1 Å². The molecular weight excluding hydrogens is 428 g/mol. The number of sulfonamides is 1. The third-order valence-corrected chi connectivity index (χ3v) is 6.68. The van der Waals surface area contributed by atoms with E-state index in [2.05, 4.69) is 10.0 Å². The molecule has 0 radical (unpaired) electrons. The predicted molar refractivity (Wildman–Crippen MR) is 123 cm³/mol. The lowest BCUT2D eigenvalue weighted by Gasteiger charge is -2.19. The third-order valence-electron chi connectivity index (χ3n) is 5.18. The fourth-order valence-electron chi connectivity index (χ4n) is 3.40. The molecular formula is C24H24N2O5S. The molecule has 8 heteroatoms. The highest BCUT2D eigenvalue weighted by Gasteiger charge is 2.21. The fourth-order valence-corrected chi connectivity index (χ4v) is 4.79. The van der Waals surface area contributed by atoms with Gasteiger partial charge in [0, 0.05) is 17.3 Å². The van der Waals surface area contributed by atoms with Crippen LogP contribution < -0.4 is 19.5 Å². The second-order valence-corrected chi connectivity index (χ2v) is 9.37. The second kappa shape index (κ2) is 8.55. The number of hydrogen-bond donors (Lipinski definition) is 2. The molecule has 0 atom stereocenters. The van der Waals surface area contributed by atoms with E-state index in [-0.39, 0.29) is 10.5 Å².